The molecule has 1 aromatic heterocycles. The number of aryl methyl sites for hydroxylation is 1. The number of hydrogen-bond donors (Lipinski definition) is 1. The predicted molar refractivity (Wildman–Crippen MR) is 123 cm³/mol. The number of nitrogens with zero attached hydrogens (tertiary/aromatic N) is 3. The van der Waals surface area contributed by atoms with Gasteiger partial charge in [-0.2, -0.15) is 0 Å². The number of benzene rings is 2. The third-order valence-electron chi connectivity index (χ3n) is 4.38. The molecule has 3 rings (SSSR count). The van der Waals surface area contributed by atoms with E-state index in [2.05, 4.69) is 31.4 Å². The Labute approximate surface area is 192 Å². The Kier molecular flexibility index (Phi) is 7.69. The second-order valence-electron chi connectivity index (χ2n) is 6.55. The highest BCUT2D eigenvalue weighted by Gasteiger charge is 2.16. The highest BCUT2D eigenvalue weighted by atomic mass is 79.9. The molecule has 0 saturated carbocycles. The Morgan fingerprint density at radius 2 is 1.90 bits per heavy atom. The largest absolute Gasteiger partial charge is 0.326 e. The number of ketones is 1. The van der Waals surface area contributed by atoms with E-state index in [4.69, 9.17) is 11.6 Å². The average molecular weight is 508 g/mol. The van der Waals surface area contributed by atoms with Gasteiger partial charge in [0.15, 0.2) is 10.9 Å². The van der Waals surface area contributed by atoms with Crippen LogP contribution >= 0.6 is 39.3 Å². The van der Waals surface area contributed by atoms with Crippen LogP contribution in [-0.2, 0) is 17.8 Å². The summed E-state index contributed by atoms with van der Waals surface area (Å²) in [6.45, 7) is 4.45. The molecular formula is C21H20BrClN4O2S. The van der Waals surface area contributed by atoms with Crippen molar-refractivity contribution < 1.29 is 9.59 Å². The number of rotatable bonds is 8. The average Bonchev–Trinajstić information content (AvgIpc) is 3.10. The van der Waals surface area contributed by atoms with E-state index in [9.17, 15) is 9.59 Å². The molecule has 1 N–H and O–H groups in total. The van der Waals surface area contributed by atoms with Crippen molar-refractivity contribution in [2.45, 2.75) is 32.0 Å². The quantitative estimate of drug-likeness (QED) is 0.336. The van der Waals surface area contributed by atoms with Crippen LogP contribution in [0.3, 0.4) is 0 Å². The normalized spacial score (nSPS) is 10.8. The van der Waals surface area contributed by atoms with Gasteiger partial charge in [-0.3, -0.25) is 9.59 Å². The topological polar surface area (TPSA) is 76.9 Å². The number of hydrogen-bond acceptors (Lipinski definition) is 5. The minimum Gasteiger partial charge on any atom is -0.326 e. The third-order valence-corrected chi connectivity index (χ3v) is 6.29. The lowest BCUT2D eigenvalue weighted by Crippen LogP contribution is -2.17. The molecule has 3 aromatic rings. The Morgan fingerprint density at radius 1 is 1.17 bits per heavy atom. The maximum Gasteiger partial charge on any atom is 0.232 e. The van der Waals surface area contributed by atoms with Gasteiger partial charge in [0.2, 0.25) is 5.91 Å². The maximum absolute atomic E-state index is 12.4. The first-order valence-corrected chi connectivity index (χ1v) is 11.4. The summed E-state index contributed by atoms with van der Waals surface area (Å²) in [6.07, 6.45) is 0.0769. The molecule has 2 aromatic carbocycles. The monoisotopic (exact) mass is 506 g/mol. The lowest BCUT2D eigenvalue weighted by atomic mass is 10.2. The van der Waals surface area contributed by atoms with Crippen LogP contribution in [0, 0.1) is 6.92 Å². The molecule has 0 aliphatic rings. The van der Waals surface area contributed by atoms with Gasteiger partial charge in [0.25, 0.3) is 0 Å². The molecule has 0 atom stereocenters. The van der Waals surface area contributed by atoms with Gasteiger partial charge in [-0.1, -0.05) is 57.5 Å². The summed E-state index contributed by atoms with van der Waals surface area (Å²) in [4.78, 5) is 24.8. The first kappa shape index (κ1) is 22.5. The zero-order chi connectivity index (χ0) is 21.7. The van der Waals surface area contributed by atoms with Crippen molar-refractivity contribution in [1.82, 2.24) is 14.8 Å². The van der Waals surface area contributed by atoms with Crippen molar-refractivity contribution in [1.29, 1.82) is 0 Å². The first-order valence-electron chi connectivity index (χ1n) is 9.27. The summed E-state index contributed by atoms with van der Waals surface area (Å²) in [6, 6.07) is 12.6. The number of nitrogens with one attached hydrogen (secondary N) is 1. The van der Waals surface area contributed by atoms with E-state index in [-0.39, 0.29) is 23.9 Å². The molecule has 9 heteroatoms. The Hall–Kier alpha value is -2.16. The molecule has 0 fully saturated rings. The highest BCUT2D eigenvalue weighted by Crippen LogP contribution is 2.22. The van der Waals surface area contributed by atoms with Gasteiger partial charge < -0.3 is 9.88 Å². The number of amides is 1. The molecule has 1 amide bonds. The molecule has 0 aliphatic heterocycles. The van der Waals surface area contributed by atoms with Gasteiger partial charge in [0, 0.05) is 27.3 Å². The summed E-state index contributed by atoms with van der Waals surface area (Å²) in [5, 5.41) is 12.4. The first-order chi connectivity index (χ1) is 14.4. The summed E-state index contributed by atoms with van der Waals surface area (Å²) in [5.74, 6) is 0.591. The van der Waals surface area contributed by atoms with Gasteiger partial charge in [0.1, 0.15) is 5.82 Å². The number of carbonyl (C=O) groups is 2. The van der Waals surface area contributed by atoms with Crippen molar-refractivity contribution in [2.24, 2.45) is 0 Å². The molecule has 6 nitrogen and oxygen atoms in total. The van der Waals surface area contributed by atoms with E-state index in [1.807, 2.05) is 36.6 Å². The van der Waals surface area contributed by atoms with Crippen LogP contribution in [0.15, 0.2) is 52.1 Å². The van der Waals surface area contributed by atoms with Crippen molar-refractivity contribution in [2.75, 3.05) is 11.1 Å². The van der Waals surface area contributed by atoms with E-state index in [0.29, 0.717) is 33.8 Å². The number of halogens is 2. The minimum atomic E-state index is -0.209. The van der Waals surface area contributed by atoms with Crippen LogP contribution in [0.2, 0.25) is 5.02 Å². The fraction of sp³-hybridized carbons (Fsp3) is 0.238. The number of carbonyl (C=O) groups excluding carboxylic acids is 2. The molecule has 0 spiro atoms. The van der Waals surface area contributed by atoms with Crippen LogP contribution in [0.5, 0.6) is 0 Å². The molecular weight excluding hydrogens is 488 g/mol. The fourth-order valence-electron chi connectivity index (χ4n) is 2.74. The molecule has 0 saturated heterocycles. The smallest absolute Gasteiger partial charge is 0.232 e. The van der Waals surface area contributed by atoms with Crippen LogP contribution in [0.25, 0.3) is 0 Å². The lowest BCUT2D eigenvalue weighted by Gasteiger charge is -2.09. The van der Waals surface area contributed by atoms with E-state index < -0.39 is 0 Å². The van der Waals surface area contributed by atoms with E-state index in [0.717, 1.165) is 10.0 Å². The molecule has 0 unspecified atom stereocenters. The summed E-state index contributed by atoms with van der Waals surface area (Å²) >= 11 is 10.8. The standard InChI is InChI=1S/C21H20BrClN4O2S/c1-3-27-19(11-20(29)24-16-9-4-13(2)17(23)10-16)25-26-21(27)30-12-18(28)14-5-7-15(22)8-6-14/h4-10H,3,11-12H2,1-2H3,(H,24,29). The highest BCUT2D eigenvalue weighted by molar-refractivity contribution is 9.10. The second-order valence-corrected chi connectivity index (χ2v) is 8.82. The van der Waals surface area contributed by atoms with Crippen molar-refractivity contribution >= 4 is 56.7 Å². The molecule has 156 valence electrons. The number of anilines is 1. The van der Waals surface area contributed by atoms with Gasteiger partial charge in [-0.25, -0.2) is 0 Å². The minimum absolute atomic E-state index is 0.00805. The van der Waals surface area contributed by atoms with E-state index in [1.54, 1.807) is 24.3 Å². The third kappa shape index (κ3) is 5.71. The van der Waals surface area contributed by atoms with Crippen LogP contribution in [0.4, 0.5) is 5.69 Å². The van der Waals surface area contributed by atoms with Crippen LogP contribution < -0.4 is 5.32 Å². The molecule has 0 bridgehead atoms. The second kappa shape index (κ2) is 10.2. The Morgan fingerprint density at radius 3 is 2.57 bits per heavy atom. The van der Waals surface area contributed by atoms with Crippen molar-refractivity contribution in [3.63, 3.8) is 0 Å². The summed E-state index contributed by atoms with van der Waals surface area (Å²) in [5.41, 5.74) is 2.22. The summed E-state index contributed by atoms with van der Waals surface area (Å²) in [7, 11) is 0. The maximum atomic E-state index is 12.4. The molecule has 1 heterocycles. The van der Waals surface area contributed by atoms with Gasteiger partial charge in [-0.15, -0.1) is 10.2 Å². The van der Waals surface area contributed by atoms with Gasteiger partial charge >= 0.3 is 0 Å². The molecule has 30 heavy (non-hydrogen) atoms. The van der Waals surface area contributed by atoms with Crippen LogP contribution in [0.1, 0.15) is 28.7 Å². The molecule has 0 aliphatic carbocycles. The van der Waals surface area contributed by atoms with Gasteiger partial charge in [0.05, 0.1) is 12.2 Å². The lowest BCUT2D eigenvalue weighted by molar-refractivity contribution is -0.115. The van der Waals surface area contributed by atoms with E-state index >= 15 is 0 Å². The Bertz CT molecular complexity index is 1070. The molecule has 0 radical (unpaired) electrons. The van der Waals surface area contributed by atoms with Gasteiger partial charge in [-0.05, 0) is 43.7 Å². The van der Waals surface area contributed by atoms with Crippen LogP contribution in [-0.4, -0.2) is 32.2 Å². The number of thioether (sulfide) groups is 1. The van der Waals surface area contributed by atoms with E-state index in [1.165, 1.54) is 11.8 Å². The fourth-order valence-corrected chi connectivity index (χ4v) is 4.10. The zero-order valence-corrected chi connectivity index (χ0v) is 19.6. The predicted octanol–water partition coefficient (Wildman–Crippen LogP) is 5.18. The number of aromatic nitrogens is 3. The Balaban J connectivity index is 1.63. The number of Topliss-reactive ketones (excluding diaryl/α,β-unsaturated/α-hetero) is 1. The summed E-state index contributed by atoms with van der Waals surface area (Å²) < 4.78 is 2.77. The van der Waals surface area contributed by atoms with Crippen molar-refractivity contribution in [3.05, 3.63) is 68.9 Å². The van der Waals surface area contributed by atoms with Crippen molar-refractivity contribution in [3.8, 4) is 0 Å². The SMILES string of the molecule is CCn1c(CC(=O)Nc2ccc(C)c(Cl)c2)nnc1SCC(=O)c1ccc(Br)cc1. The zero-order valence-electron chi connectivity index (χ0n) is 16.5.